The number of carbonyl (C=O) groups excluding carboxylic acids is 1. The molecule has 4 heteroatoms. The van der Waals surface area contributed by atoms with Crippen LogP contribution in [0.1, 0.15) is 13.8 Å². The fraction of sp³-hybridized carbons (Fsp3) is 0.250. The van der Waals surface area contributed by atoms with Crippen molar-refractivity contribution in [2.75, 3.05) is 0 Å². The van der Waals surface area contributed by atoms with Gasteiger partial charge in [0.05, 0.1) is 6.26 Å². The number of rotatable bonds is 2. The summed E-state index contributed by atoms with van der Waals surface area (Å²) in [6, 6.07) is 0. The smallest absolute Gasteiger partial charge is 0.335 e. The largest absolute Gasteiger partial charge is 0.481 e. The molecule has 0 rings (SSSR count). The molecule has 0 bridgehead atoms. The Hall–Kier alpha value is -1.58. The molecule has 12 heavy (non-hydrogen) atoms. The van der Waals surface area contributed by atoms with Crippen molar-refractivity contribution in [3.63, 3.8) is 0 Å². The van der Waals surface area contributed by atoms with Crippen LogP contribution in [0.4, 0.5) is 0 Å². The molecule has 0 atom stereocenters. The Labute approximate surface area is 71.2 Å². The van der Waals surface area contributed by atoms with Gasteiger partial charge in [0.1, 0.15) is 0 Å². The summed E-state index contributed by atoms with van der Waals surface area (Å²) in [4.78, 5) is 19.3. The third-order valence-electron chi connectivity index (χ3n) is 0.502. The van der Waals surface area contributed by atoms with Crippen LogP contribution in [0, 0.1) is 0 Å². The molecule has 68 valence electrons. The third kappa shape index (κ3) is 23.7. The predicted octanol–water partition coefficient (Wildman–Crippen LogP) is 1.34. The Morgan fingerprint density at radius 1 is 1.50 bits per heavy atom. The third-order valence-corrected chi connectivity index (χ3v) is 0.502. The van der Waals surface area contributed by atoms with Gasteiger partial charge >= 0.3 is 5.97 Å². The molecule has 0 aliphatic carbocycles. The molecule has 0 aliphatic rings. The molecular weight excluding hydrogens is 160 g/mol. The Kier molecular flexibility index (Phi) is 10.2. The summed E-state index contributed by atoms with van der Waals surface area (Å²) in [5.74, 6) is -1.22. The van der Waals surface area contributed by atoms with Gasteiger partial charge in [-0.3, -0.25) is 4.79 Å². The predicted molar refractivity (Wildman–Crippen MR) is 44.4 cm³/mol. The maximum atomic E-state index is 10.3. The average Bonchev–Trinajstić information content (AvgIpc) is 1.87. The second-order valence-corrected chi connectivity index (χ2v) is 1.62. The van der Waals surface area contributed by atoms with E-state index in [0.29, 0.717) is 0 Å². The summed E-state index contributed by atoms with van der Waals surface area (Å²) >= 11 is 0. The van der Waals surface area contributed by atoms with E-state index < -0.39 is 5.97 Å². The number of hydrogen-bond acceptors (Lipinski definition) is 3. The average molecular weight is 172 g/mol. The van der Waals surface area contributed by atoms with Crippen molar-refractivity contribution in [3.8, 4) is 0 Å². The standard InChI is InChI=1S/C6H8O2.C2H4O2/c1-3-5-6(7)8-4-2;1-2(3)4/h3-5H,2H2,1H3;1H3,(H,3,4)/b5-3+;. The van der Waals surface area contributed by atoms with Crippen molar-refractivity contribution in [2.45, 2.75) is 13.8 Å². The summed E-state index contributed by atoms with van der Waals surface area (Å²) in [6.07, 6.45) is 4.02. The number of carbonyl (C=O) groups is 2. The minimum absolute atomic E-state index is 0.387. The van der Waals surface area contributed by atoms with E-state index in [1.165, 1.54) is 6.08 Å². The second-order valence-electron chi connectivity index (χ2n) is 1.62. The lowest BCUT2D eigenvalue weighted by molar-refractivity contribution is -0.134. The SMILES string of the molecule is C=COC(=O)/C=C/C.CC(=O)O. The highest BCUT2D eigenvalue weighted by Gasteiger charge is 1.86. The van der Waals surface area contributed by atoms with Gasteiger partial charge in [0.25, 0.3) is 5.97 Å². The zero-order chi connectivity index (χ0) is 9.98. The molecule has 0 spiro atoms. The van der Waals surface area contributed by atoms with E-state index in [1.807, 2.05) is 0 Å². The van der Waals surface area contributed by atoms with Gasteiger partial charge in [-0.15, -0.1) is 0 Å². The van der Waals surface area contributed by atoms with Crippen LogP contribution in [-0.2, 0) is 14.3 Å². The van der Waals surface area contributed by atoms with Crippen LogP contribution in [0.3, 0.4) is 0 Å². The van der Waals surface area contributed by atoms with Gasteiger partial charge in [0.15, 0.2) is 0 Å². The molecule has 0 aromatic rings. The number of carboxylic acids is 1. The maximum absolute atomic E-state index is 10.3. The lowest BCUT2D eigenvalue weighted by Crippen LogP contribution is -1.91. The van der Waals surface area contributed by atoms with Gasteiger partial charge in [-0.05, 0) is 6.92 Å². The number of ether oxygens (including phenoxy) is 1. The number of esters is 1. The van der Waals surface area contributed by atoms with Crippen LogP contribution in [0.5, 0.6) is 0 Å². The van der Waals surface area contributed by atoms with E-state index >= 15 is 0 Å². The fourth-order valence-corrected chi connectivity index (χ4v) is 0.257. The highest BCUT2D eigenvalue weighted by Crippen LogP contribution is 1.78. The Morgan fingerprint density at radius 2 is 1.92 bits per heavy atom. The van der Waals surface area contributed by atoms with Crippen LogP contribution in [0.15, 0.2) is 25.0 Å². The molecule has 0 aromatic heterocycles. The lowest BCUT2D eigenvalue weighted by atomic mass is 10.5. The van der Waals surface area contributed by atoms with E-state index in [2.05, 4.69) is 11.3 Å². The molecule has 0 unspecified atom stereocenters. The second kappa shape index (κ2) is 9.42. The molecule has 0 saturated heterocycles. The van der Waals surface area contributed by atoms with Crippen molar-refractivity contribution in [3.05, 3.63) is 25.0 Å². The van der Waals surface area contributed by atoms with E-state index in [-0.39, 0.29) is 5.97 Å². The molecule has 0 fully saturated rings. The Balaban J connectivity index is 0. The molecular formula is C8H12O4. The van der Waals surface area contributed by atoms with Gasteiger partial charge in [0.2, 0.25) is 0 Å². The van der Waals surface area contributed by atoms with E-state index in [1.54, 1.807) is 13.0 Å². The van der Waals surface area contributed by atoms with Crippen LogP contribution in [0.25, 0.3) is 0 Å². The number of hydrogen-bond donors (Lipinski definition) is 1. The Bertz CT molecular complexity index is 177. The zero-order valence-electron chi connectivity index (χ0n) is 7.11. The highest BCUT2D eigenvalue weighted by molar-refractivity contribution is 5.82. The summed E-state index contributed by atoms with van der Waals surface area (Å²) in [5, 5.41) is 7.42. The fourth-order valence-electron chi connectivity index (χ4n) is 0.257. The number of allylic oxidation sites excluding steroid dienone is 1. The number of carboxylic acid groups (broad SMARTS) is 1. The minimum atomic E-state index is -0.833. The van der Waals surface area contributed by atoms with E-state index in [4.69, 9.17) is 9.90 Å². The van der Waals surface area contributed by atoms with E-state index in [9.17, 15) is 4.79 Å². The van der Waals surface area contributed by atoms with Crippen LogP contribution < -0.4 is 0 Å². The van der Waals surface area contributed by atoms with E-state index in [0.717, 1.165) is 13.2 Å². The topological polar surface area (TPSA) is 63.6 Å². The molecule has 4 nitrogen and oxygen atoms in total. The van der Waals surface area contributed by atoms with Gasteiger partial charge in [-0.25, -0.2) is 4.79 Å². The van der Waals surface area contributed by atoms with Crippen molar-refractivity contribution in [1.82, 2.24) is 0 Å². The normalized spacial score (nSPS) is 8.17. The molecule has 0 amide bonds. The minimum Gasteiger partial charge on any atom is -0.481 e. The number of aliphatic carboxylic acids is 1. The molecule has 0 aromatic carbocycles. The first-order valence-corrected chi connectivity index (χ1v) is 3.18. The van der Waals surface area contributed by atoms with Crippen molar-refractivity contribution >= 4 is 11.9 Å². The summed E-state index contributed by atoms with van der Waals surface area (Å²) in [6.45, 7) is 6.03. The monoisotopic (exact) mass is 172 g/mol. The summed E-state index contributed by atoms with van der Waals surface area (Å²) in [7, 11) is 0. The quantitative estimate of drug-likeness (QED) is 0.388. The van der Waals surface area contributed by atoms with Gasteiger partial charge in [-0.2, -0.15) is 0 Å². The first kappa shape index (κ1) is 13.0. The highest BCUT2D eigenvalue weighted by atomic mass is 16.5. The lowest BCUT2D eigenvalue weighted by Gasteiger charge is -1.86. The maximum Gasteiger partial charge on any atom is 0.335 e. The van der Waals surface area contributed by atoms with Crippen molar-refractivity contribution in [2.24, 2.45) is 0 Å². The van der Waals surface area contributed by atoms with Gasteiger partial charge < -0.3 is 9.84 Å². The first-order valence-electron chi connectivity index (χ1n) is 3.18. The summed E-state index contributed by atoms with van der Waals surface area (Å²) in [5.41, 5.74) is 0. The summed E-state index contributed by atoms with van der Waals surface area (Å²) < 4.78 is 4.32. The zero-order valence-corrected chi connectivity index (χ0v) is 7.11. The van der Waals surface area contributed by atoms with Crippen LogP contribution in [-0.4, -0.2) is 17.0 Å². The van der Waals surface area contributed by atoms with Crippen LogP contribution >= 0.6 is 0 Å². The van der Waals surface area contributed by atoms with Crippen LogP contribution in [0.2, 0.25) is 0 Å². The molecule has 0 heterocycles. The first-order chi connectivity index (χ1) is 5.54. The molecule has 0 saturated carbocycles. The Morgan fingerprint density at radius 3 is 2.17 bits per heavy atom. The van der Waals surface area contributed by atoms with Crippen molar-refractivity contribution in [1.29, 1.82) is 0 Å². The van der Waals surface area contributed by atoms with Crippen molar-refractivity contribution < 1.29 is 19.4 Å². The van der Waals surface area contributed by atoms with Gasteiger partial charge in [0, 0.05) is 13.0 Å². The molecule has 0 radical (unpaired) electrons. The molecule has 1 N–H and O–H groups in total. The van der Waals surface area contributed by atoms with Gasteiger partial charge in [-0.1, -0.05) is 12.7 Å². The molecule has 0 aliphatic heterocycles.